The van der Waals surface area contributed by atoms with Crippen molar-refractivity contribution in [2.45, 2.75) is 6.92 Å². The van der Waals surface area contributed by atoms with Crippen molar-refractivity contribution in [3.8, 4) is 0 Å². The van der Waals surface area contributed by atoms with Crippen LogP contribution in [0.1, 0.15) is 26.3 Å². The van der Waals surface area contributed by atoms with Gasteiger partial charge < -0.3 is 0 Å². The zero-order valence-corrected chi connectivity index (χ0v) is 11.9. The molecule has 21 heavy (non-hydrogen) atoms. The molecule has 2 aromatic rings. The Hall–Kier alpha value is -2.40. The molecule has 2 aromatic carbocycles. The fourth-order valence-corrected chi connectivity index (χ4v) is 1.79. The molecule has 0 spiro atoms. The number of benzene rings is 2. The second kappa shape index (κ2) is 6.37. The standard InChI is InChI=1S/C15H12ClFN2O2/c1-9-2-4-10(5-3-9)14(20)18-19-15(21)12-7-6-11(16)8-13(12)17/h2-8H,1H3,(H,18,20)(H,19,21). The molecule has 0 saturated carbocycles. The number of carbonyl (C=O) groups is 2. The number of hydrogen-bond acceptors (Lipinski definition) is 2. The third kappa shape index (κ3) is 3.79. The Balaban J connectivity index is 2.00. The predicted octanol–water partition coefficient (Wildman–Crippen LogP) is 2.86. The van der Waals surface area contributed by atoms with Crippen LogP contribution in [0.4, 0.5) is 4.39 Å². The van der Waals surface area contributed by atoms with Gasteiger partial charge in [-0.2, -0.15) is 0 Å². The van der Waals surface area contributed by atoms with Gasteiger partial charge in [0.25, 0.3) is 11.8 Å². The first-order valence-corrected chi connectivity index (χ1v) is 6.47. The van der Waals surface area contributed by atoms with Gasteiger partial charge >= 0.3 is 0 Å². The SMILES string of the molecule is Cc1ccc(C(=O)NNC(=O)c2ccc(Cl)cc2F)cc1. The number of halogens is 2. The lowest BCUT2D eigenvalue weighted by molar-refractivity contribution is 0.0844. The van der Waals surface area contributed by atoms with Crippen molar-refractivity contribution >= 4 is 23.4 Å². The number of aryl methyl sites for hydroxylation is 1. The van der Waals surface area contributed by atoms with Gasteiger partial charge in [0.15, 0.2) is 0 Å². The molecule has 4 nitrogen and oxygen atoms in total. The lowest BCUT2D eigenvalue weighted by Gasteiger charge is -2.08. The van der Waals surface area contributed by atoms with E-state index in [0.717, 1.165) is 11.6 Å². The Morgan fingerprint density at radius 3 is 2.24 bits per heavy atom. The third-order valence-corrected chi connectivity index (χ3v) is 3.01. The van der Waals surface area contributed by atoms with E-state index >= 15 is 0 Å². The summed E-state index contributed by atoms with van der Waals surface area (Å²) in [5.41, 5.74) is 5.57. The number of nitrogens with one attached hydrogen (secondary N) is 2. The van der Waals surface area contributed by atoms with Crippen LogP contribution in [-0.2, 0) is 0 Å². The van der Waals surface area contributed by atoms with Gasteiger partial charge in [0.2, 0.25) is 0 Å². The summed E-state index contributed by atoms with van der Waals surface area (Å²) < 4.78 is 13.5. The van der Waals surface area contributed by atoms with E-state index < -0.39 is 17.6 Å². The third-order valence-electron chi connectivity index (χ3n) is 2.78. The molecule has 6 heteroatoms. The smallest absolute Gasteiger partial charge is 0.267 e. The van der Waals surface area contributed by atoms with Crippen molar-refractivity contribution in [1.29, 1.82) is 0 Å². The van der Waals surface area contributed by atoms with Crippen LogP contribution in [0.15, 0.2) is 42.5 Å². The molecule has 0 fully saturated rings. The monoisotopic (exact) mass is 306 g/mol. The van der Waals surface area contributed by atoms with Crippen LogP contribution in [0.2, 0.25) is 5.02 Å². The van der Waals surface area contributed by atoms with Gasteiger partial charge in [0, 0.05) is 10.6 Å². The summed E-state index contributed by atoms with van der Waals surface area (Å²) in [5.74, 6) is -2.01. The molecule has 0 saturated heterocycles. The van der Waals surface area contributed by atoms with Crippen LogP contribution in [0.3, 0.4) is 0 Å². The Morgan fingerprint density at radius 1 is 1.00 bits per heavy atom. The van der Waals surface area contributed by atoms with Crippen LogP contribution in [-0.4, -0.2) is 11.8 Å². The van der Waals surface area contributed by atoms with Crippen molar-refractivity contribution in [2.24, 2.45) is 0 Å². The first-order chi connectivity index (χ1) is 9.97. The number of hydrazine groups is 1. The maximum atomic E-state index is 13.5. The molecule has 0 aromatic heterocycles. The average Bonchev–Trinajstić information content (AvgIpc) is 2.45. The number of carbonyl (C=O) groups excluding carboxylic acids is 2. The minimum Gasteiger partial charge on any atom is -0.267 e. The molecule has 0 unspecified atom stereocenters. The molecule has 2 N–H and O–H groups in total. The van der Waals surface area contributed by atoms with Crippen LogP contribution in [0.25, 0.3) is 0 Å². The highest BCUT2D eigenvalue weighted by atomic mass is 35.5. The second-order valence-corrected chi connectivity index (χ2v) is 4.83. The molecule has 0 atom stereocenters. The highest BCUT2D eigenvalue weighted by molar-refractivity contribution is 6.30. The lowest BCUT2D eigenvalue weighted by Crippen LogP contribution is -2.41. The molecule has 2 rings (SSSR count). The zero-order valence-electron chi connectivity index (χ0n) is 11.1. The number of hydrogen-bond donors (Lipinski definition) is 2. The molecule has 0 bridgehead atoms. The molecule has 108 valence electrons. The van der Waals surface area contributed by atoms with E-state index in [-0.39, 0.29) is 10.6 Å². The van der Waals surface area contributed by atoms with E-state index in [2.05, 4.69) is 10.9 Å². The van der Waals surface area contributed by atoms with Gasteiger partial charge in [-0.25, -0.2) is 4.39 Å². The van der Waals surface area contributed by atoms with Crippen LogP contribution >= 0.6 is 11.6 Å². The summed E-state index contributed by atoms with van der Waals surface area (Å²) >= 11 is 5.60. The molecule has 0 aliphatic carbocycles. The quantitative estimate of drug-likeness (QED) is 0.838. The van der Waals surface area contributed by atoms with Crippen molar-refractivity contribution in [3.05, 3.63) is 70.0 Å². The Bertz CT molecular complexity index is 687. The second-order valence-electron chi connectivity index (χ2n) is 4.40. The summed E-state index contributed by atoms with van der Waals surface area (Å²) in [6.45, 7) is 1.90. The Morgan fingerprint density at radius 2 is 1.62 bits per heavy atom. The largest absolute Gasteiger partial charge is 0.272 e. The summed E-state index contributed by atoms with van der Waals surface area (Å²) in [6.07, 6.45) is 0. The minimum atomic E-state index is -0.760. The van der Waals surface area contributed by atoms with E-state index in [9.17, 15) is 14.0 Å². The Kier molecular flexibility index (Phi) is 4.55. The summed E-state index contributed by atoms with van der Waals surface area (Å²) in [7, 11) is 0. The first kappa shape index (κ1) is 15.0. The first-order valence-electron chi connectivity index (χ1n) is 6.10. The van der Waals surface area contributed by atoms with E-state index in [1.807, 2.05) is 6.92 Å². The molecule has 2 amide bonds. The van der Waals surface area contributed by atoms with Gasteiger partial charge in [-0.15, -0.1) is 0 Å². The van der Waals surface area contributed by atoms with Gasteiger partial charge in [-0.1, -0.05) is 29.3 Å². The summed E-state index contributed by atoms with van der Waals surface area (Å²) in [5, 5.41) is 0.188. The van der Waals surface area contributed by atoms with Crippen LogP contribution in [0, 0.1) is 12.7 Å². The zero-order chi connectivity index (χ0) is 15.4. The molecular weight excluding hydrogens is 295 g/mol. The summed E-state index contributed by atoms with van der Waals surface area (Å²) in [6, 6.07) is 10.5. The van der Waals surface area contributed by atoms with Crippen LogP contribution < -0.4 is 10.9 Å². The van der Waals surface area contributed by atoms with Crippen molar-refractivity contribution < 1.29 is 14.0 Å². The summed E-state index contributed by atoms with van der Waals surface area (Å²) in [4.78, 5) is 23.5. The lowest BCUT2D eigenvalue weighted by atomic mass is 10.1. The number of rotatable bonds is 2. The van der Waals surface area contributed by atoms with Gasteiger partial charge in [0.1, 0.15) is 5.82 Å². The molecular formula is C15H12ClFN2O2. The number of amides is 2. The van der Waals surface area contributed by atoms with E-state index in [4.69, 9.17) is 11.6 Å². The maximum Gasteiger partial charge on any atom is 0.272 e. The van der Waals surface area contributed by atoms with Gasteiger partial charge in [-0.05, 0) is 37.3 Å². The molecule has 0 radical (unpaired) electrons. The van der Waals surface area contributed by atoms with E-state index in [1.54, 1.807) is 24.3 Å². The fraction of sp³-hybridized carbons (Fsp3) is 0.0667. The molecule has 0 heterocycles. The predicted molar refractivity (Wildman–Crippen MR) is 77.5 cm³/mol. The van der Waals surface area contributed by atoms with Crippen molar-refractivity contribution in [3.63, 3.8) is 0 Å². The highest BCUT2D eigenvalue weighted by Crippen LogP contribution is 2.14. The minimum absolute atomic E-state index is 0.188. The maximum absolute atomic E-state index is 13.5. The van der Waals surface area contributed by atoms with E-state index in [0.29, 0.717) is 5.56 Å². The van der Waals surface area contributed by atoms with Crippen molar-refractivity contribution in [2.75, 3.05) is 0 Å². The normalized spacial score (nSPS) is 10.0. The average molecular weight is 307 g/mol. The van der Waals surface area contributed by atoms with E-state index in [1.165, 1.54) is 12.1 Å². The van der Waals surface area contributed by atoms with Crippen LogP contribution in [0.5, 0.6) is 0 Å². The van der Waals surface area contributed by atoms with Gasteiger partial charge in [0.05, 0.1) is 5.56 Å². The highest BCUT2D eigenvalue weighted by Gasteiger charge is 2.13. The van der Waals surface area contributed by atoms with Gasteiger partial charge in [-0.3, -0.25) is 20.4 Å². The fourth-order valence-electron chi connectivity index (χ4n) is 1.63. The molecule has 0 aliphatic heterocycles. The Labute approximate surface area is 125 Å². The van der Waals surface area contributed by atoms with Crippen molar-refractivity contribution in [1.82, 2.24) is 10.9 Å². The topological polar surface area (TPSA) is 58.2 Å². The molecule has 0 aliphatic rings.